The predicted molar refractivity (Wildman–Crippen MR) is 91.5 cm³/mol. The molecule has 7 heteroatoms. The summed E-state index contributed by atoms with van der Waals surface area (Å²) in [6, 6.07) is 18.0. The molecule has 2 aromatic heterocycles. The molecular weight excluding hydrogens is 340 g/mol. The highest BCUT2D eigenvalue weighted by atomic mass is 32.2. The van der Waals surface area contributed by atoms with Crippen molar-refractivity contribution in [1.82, 2.24) is 9.97 Å². The van der Waals surface area contributed by atoms with Crippen molar-refractivity contribution in [3.8, 4) is 17.3 Å². The topological polar surface area (TPSA) is 82.3 Å². The molecule has 124 valence electrons. The van der Waals surface area contributed by atoms with Crippen molar-refractivity contribution in [2.75, 3.05) is 0 Å². The monoisotopic (exact) mass is 352 g/mol. The zero-order valence-electron chi connectivity index (χ0n) is 12.9. The largest absolute Gasteiger partial charge is 0.435 e. The molecule has 4 rings (SSSR count). The summed E-state index contributed by atoms with van der Waals surface area (Å²) < 4.78 is 35.4. The van der Waals surface area contributed by atoms with E-state index in [0.29, 0.717) is 22.7 Å². The second-order valence-corrected chi connectivity index (χ2v) is 6.76. The summed E-state index contributed by atoms with van der Waals surface area (Å²) >= 11 is 0. The van der Waals surface area contributed by atoms with E-state index in [1.165, 1.54) is 24.3 Å². The third kappa shape index (κ3) is 3.09. The molecule has 0 amide bonds. The average Bonchev–Trinajstić information content (AvgIpc) is 3.06. The summed E-state index contributed by atoms with van der Waals surface area (Å²) in [6.07, 6.45) is 1.64. The molecule has 0 radical (unpaired) electrons. The quantitative estimate of drug-likeness (QED) is 0.521. The number of fused-ring (bicyclic) bond motifs is 1. The zero-order chi connectivity index (χ0) is 17.3. The summed E-state index contributed by atoms with van der Waals surface area (Å²) in [4.78, 5) is 8.61. The van der Waals surface area contributed by atoms with E-state index in [9.17, 15) is 8.42 Å². The lowest BCUT2D eigenvalue weighted by molar-refractivity contribution is 0.486. The summed E-state index contributed by atoms with van der Waals surface area (Å²) in [5.41, 5.74) is 1.60. The number of nitrogens with zero attached hydrogens (tertiary/aromatic N) is 2. The SMILES string of the molecule is O=S(=O)(Oc1ccc2nc(-c3ccccn3)oc2c1)c1ccccc1. The maximum absolute atomic E-state index is 12.3. The maximum atomic E-state index is 12.3. The molecule has 0 aliphatic rings. The molecule has 0 saturated heterocycles. The Morgan fingerprint density at radius 3 is 2.48 bits per heavy atom. The van der Waals surface area contributed by atoms with Crippen LogP contribution in [0, 0.1) is 0 Å². The van der Waals surface area contributed by atoms with Crippen LogP contribution in [0.2, 0.25) is 0 Å². The first-order valence-electron chi connectivity index (χ1n) is 7.43. The van der Waals surface area contributed by atoms with E-state index in [4.69, 9.17) is 8.60 Å². The molecule has 0 saturated carbocycles. The van der Waals surface area contributed by atoms with E-state index in [1.54, 1.807) is 42.6 Å². The summed E-state index contributed by atoms with van der Waals surface area (Å²) in [5, 5.41) is 0. The summed E-state index contributed by atoms with van der Waals surface area (Å²) in [7, 11) is -3.90. The normalized spacial score (nSPS) is 11.5. The van der Waals surface area contributed by atoms with Gasteiger partial charge in [0.2, 0.25) is 5.89 Å². The van der Waals surface area contributed by atoms with Gasteiger partial charge < -0.3 is 8.60 Å². The van der Waals surface area contributed by atoms with Gasteiger partial charge in [0.1, 0.15) is 21.9 Å². The minimum Gasteiger partial charge on any atom is -0.435 e. The number of benzene rings is 2. The third-order valence-corrected chi connectivity index (χ3v) is 4.74. The van der Waals surface area contributed by atoms with Crippen LogP contribution in [0.5, 0.6) is 5.75 Å². The van der Waals surface area contributed by atoms with Gasteiger partial charge in [0.05, 0.1) is 0 Å². The van der Waals surface area contributed by atoms with Gasteiger partial charge in [-0.2, -0.15) is 8.42 Å². The van der Waals surface area contributed by atoms with E-state index in [-0.39, 0.29) is 10.6 Å². The second kappa shape index (κ2) is 6.03. The van der Waals surface area contributed by atoms with Crippen LogP contribution in [0.4, 0.5) is 0 Å². The lowest BCUT2D eigenvalue weighted by atomic mass is 10.3. The highest BCUT2D eigenvalue weighted by molar-refractivity contribution is 7.87. The van der Waals surface area contributed by atoms with Crippen molar-refractivity contribution < 1.29 is 17.0 Å². The predicted octanol–water partition coefficient (Wildman–Crippen LogP) is 3.66. The molecule has 2 aromatic carbocycles. The first-order valence-corrected chi connectivity index (χ1v) is 8.84. The van der Waals surface area contributed by atoms with Gasteiger partial charge in [0.25, 0.3) is 0 Å². The molecule has 25 heavy (non-hydrogen) atoms. The molecule has 0 bridgehead atoms. The Hall–Kier alpha value is -3.19. The maximum Gasteiger partial charge on any atom is 0.339 e. The van der Waals surface area contributed by atoms with Gasteiger partial charge in [-0.3, -0.25) is 4.98 Å². The van der Waals surface area contributed by atoms with Crippen LogP contribution in [0.25, 0.3) is 22.7 Å². The smallest absolute Gasteiger partial charge is 0.339 e. The third-order valence-electron chi connectivity index (χ3n) is 3.48. The minimum atomic E-state index is -3.90. The first-order chi connectivity index (χ1) is 12.1. The molecule has 0 N–H and O–H groups in total. The Morgan fingerprint density at radius 2 is 1.72 bits per heavy atom. The van der Waals surface area contributed by atoms with Crippen LogP contribution in [0.3, 0.4) is 0 Å². The van der Waals surface area contributed by atoms with Gasteiger partial charge in [-0.15, -0.1) is 0 Å². The molecule has 6 nitrogen and oxygen atoms in total. The number of rotatable bonds is 4. The van der Waals surface area contributed by atoms with E-state index in [2.05, 4.69) is 9.97 Å². The number of oxazole rings is 1. The number of hydrogen-bond acceptors (Lipinski definition) is 6. The van der Waals surface area contributed by atoms with Gasteiger partial charge in [0, 0.05) is 12.3 Å². The van der Waals surface area contributed by atoms with Crippen LogP contribution >= 0.6 is 0 Å². The van der Waals surface area contributed by atoms with E-state index in [0.717, 1.165) is 0 Å². The molecule has 0 aliphatic heterocycles. The minimum absolute atomic E-state index is 0.0850. The van der Waals surface area contributed by atoms with Gasteiger partial charge >= 0.3 is 10.1 Å². The molecule has 0 unspecified atom stereocenters. The summed E-state index contributed by atoms with van der Waals surface area (Å²) in [5.74, 6) is 0.513. The number of hydrogen-bond donors (Lipinski definition) is 0. The van der Waals surface area contributed by atoms with Crippen molar-refractivity contribution in [1.29, 1.82) is 0 Å². The highest BCUT2D eigenvalue weighted by Gasteiger charge is 2.17. The highest BCUT2D eigenvalue weighted by Crippen LogP contribution is 2.27. The molecule has 0 aliphatic carbocycles. The molecule has 0 spiro atoms. The fraction of sp³-hybridized carbons (Fsp3) is 0. The number of aromatic nitrogens is 2. The Balaban J connectivity index is 1.68. The lowest BCUT2D eigenvalue weighted by Gasteiger charge is -2.06. The molecule has 2 heterocycles. The van der Waals surface area contributed by atoms with Crippen LogP contribution in [-0.4, -0.2) is 18.4 Å². The molecule has 0 atom stereocenters. The van der Waals surface area contributed by atoms with Gasteiger partial charge in [0.15, 0.2) is 5.58 Å². The fourth-order valence-corrected chi connectivity index (χ4v) is 3.26. The van der Waals surface area contributed by atoms with Crippen molar-refractivity contribution >= 4 is 21.2 Å². The molecule has 4 aromatic rings. The lowest BCUT2D eigenvalue weighted by Crippen LogP contribution is -2.09. The Labute approximate surface area is 143 Å². The Kier molecular flexibility index (Phi) is 3.70. The average molecular weight is 352 g/mol. The van der Waals surface area contributed by atoms with Crippen molar-refractivity contribution in [2.45, 2.75) is 4.90 Å². The standard InChI is InChI=1S/C18H12N2O4S/c21-25(22,14-6-2-1-3-7-14)24-13-9-10-15-17(12-13)23-18(20-15)16-8-4-5-11-19-16/h1-12H. The van der Waals surface area contributed by atoms with E-state index < -0.39 is 10.1 Å². The van der Waals surface area contributed by atoms with Crippen LogP contribution in [0.15, 0.2) is 82.2 Å². The second-order valence-electron chi connectivity index (χ2n) is 5.21. The fourth-order valence-electron chi connectivity index (χ4n) is 2.32. The molecular formula is C18H12N2O4S. The van der Waals surface area contributed by atoms with Crippen LogP contribution in [0.1, 0.15) is 0 Å². The van der Waals surface area contributed by atoms with Gasteiger partial charge in [-0.05, 0) is 36.4 Å². The zero-order valence-corrected chi connectivity index (χ0v) is 13.7. The Bertz CT molecular complexity index is 1120. The van der Waals surface area contributed by atoms with Crippen molar-refractivity contribution in [3.63, 3.8) is 0 Å². The number of pyridine rings is 1. The van der Waals surface area contributed by atoms with E-state index in [1.807, 2.05) is 6.07 Å². The van der Waals surface area contributed by atoms with Crippen LogP contribution < -0.4 is 4.18 Å². The van der Waals surface area contributed by atoms with Gasteiger partial charge in [-0.25, -0.2) is 4.98 Å². The van der Waals surface area contributed by atoms with Crippen molar-refractivity contribution in [3.05, 3.63) is 72.9 Å². The van der Waals surface area contributed by atoms with Crippen molar-refractivity contribution in [2.24, 2.45) is 0 Å². The van der Waals surface area contributed by atoms with Crippen LogP contribution in [-0.2, 0) is 10.1 Å². The first kappa shape index (κ1) is 15.3. The van der Waals surface area contributed by atoms with Gasteiger partial charge in [-0.1, -0.05) is 24.3 Å². The summed E-state index contributed by atoms with van der Waals surface area (Å²) in [6.45, 7) is 0. The Morgan fingerprint density at radius 1 is 0.920 bits per heavy atom. The molecule has 0 fully saturated rings. The van der Waals surface area contributed by atoms with E-state index >= 15 is 0 Å².